The number of hydrogen-bond acceptors (Lipinski definition) is 2. The highest BCUT2D eigenvalue weighted by Gasteiger charge is 2.47. The van der Waals surface area contributed by atoms with Crippen LogP contribution in [-0.4, -0.2) is 16.9 Å². The first-order valence-electron chi connectivity index (χ1n) is 21.9. The summed E-state index contributed by atoms with van der Waals surface area (Å²) in [6.45, 7) is 2.37. The normalized spacial score (nSPS) is 13.2. The molecule has 0 fully saturated rings. The number of nitrogens with zero attached hydrogens (tertiary/aromatic N) is 2. The van der Waals surface area contributed by atoms with Gasteiger partial charge in [-0.05, 0) is 36.8 Å². The van der Waals surface area contributed by atoms with Crippen molar-refractivity contribution in [3.63, 3.8) is 0 Å². The number of alkyl halides is 24. The lowest BCUT2D eigenvalue weighted by Crippen LogP contribution is -2.75. The third kappa shape index (κ3) is 14.0. The van der Waals surface area contributed by atoms with E-state index in [1.807, 2.05) is 65.5 Å². The van der Waals surface area contributed by atoms with E-state index < -0.39 is 195 Å². The summed E-state index contributed by atoms with van der Waals surface area (Å²) in [6, 6.07) is 8.64. The lowest BCUT2D eigenvalue weighted by molar-refractivity contribution is -0.683. The van der Waals surface area contributed by atoms with Gasteiger partial charge in [0.05, 0.1) is 50.7 Å². The molecule has 0 aliphatic rings. The number of halogens is 24. The third-order valence-electron chi connectivity index (χ3n) is 12.0. The summed E-state index contributed by atoms with van der Waals surface area (Å²) in [6.07, 6.45) is -49.3. The highest BCUT2D eigenvalue weighted by molar-refractivity contribution is 7.20. The molecular weight excluding hydrogens is 1120 g/mol. The van der Waals surface area contributed by atoms with E-state index >= 15 is 0 Å². The molecule has 0 radical (unpaired) electrons. The fraction of sp³-hybridized carbons (Fsp3) is 0.196. The molecule has 0 spiro atoms. The predicted molar refractivity (Wildman–Crippen MR) is 235 cm³/mol. The molecule has 0 unspecified atom stereocenters. The third-order valence-corrected chi connectivity index (χ3v) is 12.0. The van der Waals surface area contributed by atoms with Gasteiger partial charge in [-0.15, -0.1) is 0 Å². The van der Waals surface area contributed by atoms with Crippen LogP contribution < -0.4 is 26.4 Å². The summed E-state index contributed by atoms with van der Waals surface area (Å²) in [5.41, 5.74) is -26.3. The molecule has 1 heterocycles. The Kier molecular flexibility index (Phi) is 16.3. The molecule has 28 heteroatoms. The van der Waals surface area contributed by atoms with Crippen LogP contribution in [0, 0.1) is 6.92 Å². The Hall–Kier alpha value is -7.55. The molecule has 7 aromatic rings. The Morgan fingerprint density at radius 1 is 0.405 bits per heavy atom. The van der Waals surface area contributed by atoms with Gasteiger partial charge in [0.2, 0.25) is 12.3 Å². The van der Waals surface area contributed by atoms with Crippen LogP contribution in [0.3, 0.4) is 0 Å². The summed E-state index contributed by atoms with van der Waals surface area (Å²) in [5, 5.41) is 0. The molecule has 0 saturated heterocycles. The van der Waals surface area contributed by atoms with Gasteiger partial charge in [-0.1, -0.05) is 103 Å². The van der Waals surface area contributed by atoms with Crippen molar-refractivity contribution in [2.24, 2.45) is 0 Å². The largest absolute Gasteiger partial charge is 0.416 e. The number of rotatable bonds is 8. The number of hydrogen-bond donors (Lipinski definition) is 0. The second-order valence-electron chi connectivity index (χ2n) is 17.4. The monoisotopic (exact) mass is 1150 g/mol. The van der Waals surface area contributed by atoms with Gasteiger partial charge >= 0.3 is 49.4 Å². The van der Waals surface area contributed by atoms with Crippen LogP contribution in [0.15, 0.2) is 146 Å². The van der Waals surface area contributed by atoms with Crippen molar-refractivity contribution in [3.05, 3.63) is 202 Å². The van der Waals surface area contributed by atoms with Crippen LogP contribution in [0.4, 0.5) is 105 Å². The summed E-state index contributed by atoms with van der Waals surface area (Å²) in [4.78, 5) is 16.7. The maximum absolute atomic E-state index is 14.2. The predicted octanol–water partition coefficient (Wildman–Crippen LogP) is 14.4. The highest BCUT2D eigenvalue weighted by atomic mass is 19.4. The van der Waals surface area contributed by atoms with Crippen LogP contribution in [-0.2, 0) is 56.0 Å². The topological polar surface area (TPSA) is 33.8 Å². The molecule has 0 N–H and O–H groups in total. The van der Waals surface area contributed by atoms with Crippen LogP contribution in [0.1, 0.15) is 60.4 Å². The zero-order valence-corrected chi connectivity index (χ0v) is 39.0. The second kappa shape index (κ2) is 21.3. The van der Waals surface area contributed by atoms with Crippen LogP contribution in [0.2, 0.25) is 0 Å². The van der Waals surface area contributed by atoms with E-state index in [9.17, 15) is 110 Å². The van der Waals surface area contributed by atoms with Crippen LogP contribution in [0.5, 0.6) is 0 Å². The number of aromatic nitrogens is 2. The van der Waals surface area contributed by atoms with Crippen LogP contribution >= 0.6 is 0 Å². The Bertz CT molecular complexity index is 2910. The molecule has 0 aliphatic heterocycles. The number of benzene rings is 6. The molecule has 3 nitrogen and oxygen atoms in total. The van der Waals surface area contributed by atoms with Gasteiger partial charge in [0.25, 0.3) is 0 Å². The zero-order chi connectivity index (χ0) is 59.3. The maximum atomic E-state index is 14.2. The first-order valence-corrected chi connectivity index (χ1v) is 21.9. The molecule has 1 aromatic heterocycles. The van der Waals surface area contributed by atoms with Gasteiger partial charge in [-0.3, -0.25) is 4.79 Å². The first-order chi connectivity index (χ1) is 36.0. The minimum atomic E-state index is -6.13. The molecule has 6 aromatic carbocycles. The van der Waals surface area contributed by atoms with E-state index in [1.54, 1.807) is 6.20 Å². The summed E-state index contributed by atoms with van der Waals surface area (Å²) < 4.78 is 343. The Balaban J connectivity index is 0.000000378. The van der Waals surface area contributed by atoms with E-state index in [1.165, 1.54) is 5.56 Å². The summed E-state index contributed by atoms with van der Waals surface area (Å²) in [5.74, 6) is 0.0903. The Labute approximate surface area is 428 Å². The standard InChI is InChI=1S/C32H12BF24.C19H17N2O/c34-25(35,36)13-1-14(26(37,38)39)6-21(5-13)33(22-7-15(27(40,41)42)2-16(8-22)28(43,44)45,23-9-17(29(46,47)48)3-18(10-23)30(49,50)51)24-11-19(31(52,53)54)4-20(12-24)32(55,56)57;1-15-7-5-6-10-17(15)18-13-21(12-11-20-18)14-19(22)16-8-3-2-4-9-16/h1-12H;2-13H,14H2,1H3/q-1;+1. The van der Waals surface area contributed by atoms with Gasteiger partial charge in [0.1, 0.15) is 11.8 Å². The van der Waals surface area contributed by atoms with E-state index in [0.717, 1.165) is 16.8 Å². The number of aryl methyl sites for hydroxylation is 1. The molecule has 0 amide bonds. The molecule has 0 saturated carbocycles. The minimum absolute atomic E-state index is 0.0903. The SMILES string of the molecule is Cc1ccccc1-c1c[n+](CC(=O)c2ccccc2)ccn1.FC(F)(F)c1cc([B-](c2cc(C(F)(F)F)cc(C(F)(F)F)c2)(c2cc(C(F)(F)F)cc(C(F)(F)F)c2)c2cc(C(F)(F)F)cc(C(F)(F)F)c2)cc(C(F)(F)F)c1. The molecular formula is C51H29BF24N2O. The first kappa shape index (κ1) is 60.7. The second-order valence-corrected chi connectivity index (χ2v) is 17.4. The minimum Gasteiger partial charge on any atom is -0.287 e. The van der Waals surface area contributed by atoms with Gasteiger partial charge in [-0.25, -0.2) is 4.98 Å². The van der Waals surface area contributed by atoms with E-state index in [0.29, 0.717) is 6.54 Å². The Morgan fingerprint density at radius 3 is 0.962 bits per heavy atom. The van der Waals surface area contributed by atoms with E-state index in [2.05, 4.69) is 18.0 Å². The quantitative estimate of drug-likeness (QED) is 0.0658. The number of Topliss-reactive ketones (excluding diaryl/α,β-unsaturated/α-hetero) is 1. The van der Waals surface area contributed by atoms with Gasteiger partial charge in [0.15, 0.2) is 12.4 Å². The van der Waals surface area contributed by atoms with Crippen LogP contribution in [0.25, 0.3) is 11.3 Å². The number of carbonyl (C=O) groups is 1. The zero-order valence-electron chi connectivity index (χ0n) is 39.0. The fourth-order valence-electron chi connectivity index (χ4n) is 8.48. The van der Waals surface area contributed by atoms with Crippen molar-refractivity contribution < 1.29 is 115 Å². The fourth-order valence-corrected chi connectivity index (χ4v) is 8.48. The van der Waals surface area contributed by atoms with Crippen molar-refractivity contribution in [2.45, 2.75) is 62.9 Å². The van der Waals surface area contributed by atoms with Gasteiger partial charge < -0.3 is 0 Å². The van der Waals surface area contributed by atoms with Crippen molar-refractivity contribution in [1.29, 1.82) is 0 Å². The number of carbonyl (C=O) groups excluding carboxylic acids is 1. The van der Waals surface area contributed by atoms with Crippen molar-refractivity contribution in [1.82, 2.24) is 4.98 Å². The maximum Gasteiger partial charge on any atom is 0.416 e. The van der Waals surface area contributed by atoms with E-state index in [4.69, 9.17) is 0 Å². The molecule has 420 valence electrons. The lowest BCUT2D eigenvalue weighted by atomic mass is 9.12. The Morgan fingerprint density at radius 2 is 0.684 bits per heavy atom. The molecule has 0 aliphatic carbocycles. The molecule has 7 rings (SSSR count). The molecule has 79 heavy (non-hydrogen) atoms. The lowest BCUT2D eigenvalue weighted by Gasteiger charge is -2.46. The summed E-state index contributed by atoms with van der Waals surface area (Å²) >= 11 is 0. The average Bonchev–Trinajstić information content (AvgIpc) is 3.38. The van der Waals surface area contributed by atoms with Crippen molar-refractivity contribution in [3.8, 4) is 11.3 Å². The number of ketones is 1. The summed E-state index contributed by atoms with van der Waals surface area (Å²) in [7, 11) is 0. The molecule has 0 bridgehead atoms. The van der Waals surface area contributed by atoms with Crippen molar-refractivity contribution >= 4 is 33.8 Å². The van der Waals surface area contributed by atoms with Gasteiger partial charge in [0, 0.05) is 11.1 Å². The van der Waals surface area contributed by atoms with E-state index in [-0.39, 0.29) is 5.78 Å². The molecule has 0 atom stereocenters. The highest BCUT2D eigenvalue weighted by Crippen LogP contribution is 2.41. The smallest absolute Gasteiger partial charge is 0.287 e. The van der Waals surface area contributed by atoms with Gasteiger partial charge in [-0.2, -0.15) is 132 Å². The van der Waals surface area contributed by atoms with Crippen molar-refractivity contribution in [2.75, 3.05) is 0 Å². The average molecular weight is 1150 g/mol.